The van der Waals surface area contributed by atoms with E-state index in [1.807, 2.05) is 79.7 Å². The number of carbonyl (C=O) groups excluding carboxylic acids is 2. The molecule has 0 aliphatic rings. The molecule has 3 aromatic rings. The van der Waals surface area contributed by atoms with E-state index >= 15 is 0 Å². The Hall–Kier alpha value is -3.20. The first kappa shape index (κ1) is 18.6. The number of anilines is 1. The van der Waals surface area contributed by atoms with Gasteiger partial charge in [-0.2, -0.15) is 0 Å². The number of ketones is 2. The lowest BCUT2D eigenvalue weighted by atomic mass is 9.85. The molecule has 0 aliphatic carbocycles. The van der Waals surface area contributed by atoms with E-state index in [4.69, 9.17) is 0 Å². The molecule has 0 saturated carbocycles. The van der Waals surface area contributed by atoms with E-state index in [1.165, 1.54) is 0 Å². The van der Waals surface area contributed by atoms with Gasteiger partial charge in [-0.05, 0) is 17.7 Å². The zero-order chi connectivity index (χ0) is 19.2. The lowest BCUT2D eigenvalue weighted by molar-refractivity contribution is 0.0893. The van der Waals surface area contributed by atoms with Crippen molar-refractivity contribution < 1.29 is 9.59 Å². The molecular weight excluding hydrogens is 334 g/mol. The van der Waals surface area contributed by atoms with Gasteiger partial charge in [0.2, 0.25) is 0 Å². The molecule has 1 atom stereocenters. The minimum absolute atomic E-state index is 0.0263. The molecule has 3 heteroatoms. The summed E-state index contributed by atoms with van der Waals surface area (Å²) in [5.41, 5.74) is 3.17. The van der Waals surface area contributed by atoms with Gasteiger partial charge >= 0.3 is 0 Å². The summed E-state index contributed by atoms with van der Waals surface area (Å²) < 4.78 is 0. The van der Waals surface area contributed by atoms with Gasteiger partial charge < -0.3 is 4.90 Å². The molecule has 0 fully saturated rings. The van der Waals surface area contributed by atoms with E-state index in [0.29, 0.717) is 11.1 Å². The molecule has 136 valence electrons. The van der Waals surface area contributed by atoms with E-state index in [-0.39, 0.29) is 18.0 Å². The standard InChI is InChI=1S/C24H23NO2/c1-25(2)21-15-13-18(14-16-21)22(24(27)20-11-7-4-8-12-20)17-23(26)19-9-5-3-6-10-19/h3-16,22H,17H2,1-2H3. The molecule has 0 spiro atoms. The highest BCUT2D eigenvalue weighted by Crippen LogP contribution is 2.28. The summed E-state index contributed by atoms with van der Waals surface area (Å²) in [6.45, 7) is 0. The number of hydrogen-bond acceptors (Lipinski definition) is 3. The van der Waals surface area contributed by atoms with E-state index < -0.39 is 5.92 Å². The Balaban J connectivity index is 1.93. The van der Waals surface area contributed by atoms with Crippen LogP contribution in [0.3, 0.4) is 0 Å². The molecule has 0 saturated heterocycles. The number of benzene rings is 3. The normalized spacial score (nSPS) is 11.6. The third-order valence-corrected chi connectivity index (χ3v) is 4.67. The van der Waals surface area contributed by atoms with Crippen LogP contribution in [-0.4, -0.2) is 25.7 Å². The Morgan fingerprint density at radius 2 is 1.26 bits per heavy atom. The van der Waals surface area contributed by atoms with E-state index in [9.17, 15) is 9.59 Å². The van der Waals surface area contributed by atoms with Crippen molar-refractivity contribution in [3.63, 3.8) is 0 Å². The van der Waals surface area contributed by atoms with E-state index in [0.717, 1.165) is 11.3 Å². The molecule has 0 aromatic heterocycles. The topological polar surface area (TPSA) is 37.4 Å². The van der Waals surface area contributed by atoms with Gasteiger partial charge in [-0.25, -0.2) is 0 Å². The predicted molar refractivity (Wildman–Crippen MR) is 110 cm³/mol. The fourth-order valence-electron chi connectivity index (χ4n) is 3.10. The van der Waals surface area contributed by atoms with Crippen LogP contribution in [-0.2, 0) is 0 Å². The van der Waals surface area contributed by atoms with Crippen molar-refractivity contribution in [2.75, 3.05) is 19.0 Å². The van der Waals surface area contributed by atoms with Crippen LogP contribution in [0.15, 0.2) is 84.9 Å². The van der Waals surface area contributed by atoms with Crippen molar-refractivity contribution >= 4 is 17.3 Å². The molecule has 0 bridgehead atoms. The van der Waals surface area contributed by atoms with Crippen LogP contribution in [0.1, 0.15) is 38.6 Å². The molecule has 27 heavy (non-hydrogen) atoms. The average molecular weight is 357 g/mol. The van der Waals surface area contributed by atoms with E-state index in [2.05, 4.69) is 0 Å². The van der Waals surface area contributed by atoms with Gasteiger partial charge in [0.15, 0.2) is 11.6 Å². The maximum absolute atomic E-state index is 13.2. The summed E-state index contributed by atoms with van der Waals surface area (Å²) >= 11 is 0. The minimum atomic E-state index is -0.503. The highest BCUT2D eigenvalue weighted by Gasteiger charge is 2.25. The van der Waals surface area contributed by atoms with Gasteiger partial charge in [-0.15, -0.1) is 0 Å². The molecule has 3 aromatic carbocycles. The van der Waals surface area contributed by atoms with Crippen molar-refractivity contribution in [1.29, 1.82) is 0 Å². The zero-order valence-electron chi connectivity index (χ0n) is 15.6. The lowest BCUT2D eigenvalue weighted by Crippen LogP contribution is -2.18. The number of rotatable bonds is 7. The molecule has 0 heterocycles. The highest BCUT2D eigenvalue weighted by atomic mass is 16.1. The molecule has 0 radical (unpaired) electrons. The summed E-state index contributed by atoms with van der Waals surface area (Å²) in [4.78, 5) is 28.0. The molecule has 0 aliphatic heterocycles. The van der Waals surface area contributed by atoms with Crippen molar-refractivity contribution in [1.82, 2.24) is 0 Å². The largest absolute Gasteiger partial charge is 0.378 e. The van der Waals surface area contributed by atoms with Gasteiger partial charge in [-0.1, -0.05) is 72.8 Å². The van der Waals surface area contributed by atoms with Crippen LogP contribution in [0, 0.1) is 0 Å². The van der Waals surface area contributed by atoms with Crippen LogP contribution >= 0.6 is 0 Å². The summed E-state index contributed by atoms with van der Waals surface area (Å²) in [5.74, 6) is -0.560. The van der Waals surface area contributed by atoms with Crippen LogP contribution in [0.5, 0.6) is 0 Å². The van der Waals surface area contributed by atoms with Crippen molar-refractivity contribution in [2.45, 2.75) is 12.3 Å². The number of carbonyl (C=O) groups is 2. The number of Topliss-reactive ketones (excluding diaryl/α,β-unsaturated/α-hetero) is 2. The first-order valence-electron chi connectivity index (χ1n) is 9.01. The van der Waals surface area contributed by atoms with Crippen LogP contribution < -0.4 is 4.90 Å². The fourth-order valence-corrected chi connectivity index (χ4v) is 3.10. The Bertz CT molecular complexity index is 900. The maximum atomic E-state index is 13.2. The third-order valence-electron chi connectivity index (χ3n) is 4.67. The molecule has 0 N–H and O–H groups in total. The average Bonchev–Trinajstić information content (AvgIpc) is 2.72. The maximum Gasteiger partial charge on any atom is 0.170 e. The van der Waals surface area contributed by atoms with E-state index in [1.54, 1.807) is 24.3 Å². The van der Waals surface area contributed by atoms with Crippen molar-refractivity contribution in [3.05, 3.63) is 102 Å². The minimum Gasteiger partial charge on any atom is -0.378 e. The lowest BCUT2D eigenvalue weighted by Gasteiger charge is -2.18. The molecular formula is C24H23NO2. The summed E-state index contributed by atoms with van der Waals surface area (Å²) in [7, 11) is 3.95. The van der Waals surface area contributed by atoms with Gasteiger partial charge in [-0.3, -0.25) is 9.59 Å². The Morgan fingerprint density at radius 1 is 0.741 bits per heavy atom. The monoisotopic (exact) mass is 357 g/mol. The summed E-state index contributed by atoms with van der Waals surface area (Å²) in [5, 5.41) is 0. The zero-order valence-corrected chi connectivity index (χ0v) is 15.6. The second-order valence-electron chi connectivity index (χ2n) is 6.76. The highest BCUT2D eigenvalue weighted by molar-refractivity contribution is 6.06. The molecule has 0 amide bonds. The summed E-state index contributed by atoms with van der Waals surface area (Å²) in [6.07, 6.45) is 0.152. The quantitative estimate of drug-likeness (QED) is 0.559. The Labute approximate surface area is 160 Å². The van der Waals surface area contributed by atoms with Crippen molar-refractivity contribution in [2.24, 2.45) is 0 Å². The number of nitrogens with zero attached hydrogens (tertiary/aromatic N) is 1. The van der Waals surface area contributed by atoms with Gasteiger partial charge in [0.05, 0.1) is 5.92 Å². The predicted octanol–water partition coefficient (Wildman–Crippen LogP) is 4.99. The smallest absolute Gasteiger partial charge is 0.170 e. The van der Waals surface area contributed by atoms with Gasteiger partial charge in [0, 0.05) is 37.3 Å². The van der Waals surface area contributed by atoms with Crippen molar-refractivity contribution in [3.8, 4) is 0 Å². The summed E-state index contributed by atoms with van der Waals surface area (Å²) in [6, 6.07) is 26.2. The first-order valence-corrected chi connectivity index (χ1v) is 9.01. The number of hydrogen-bond donors (Lipinski definition) is 0. The van der Waals surface area contributed by atoms with Crippen LogP contribution in [0.4, 0.5) is 5.69 Å². The fraction of sp³-hybridized carbons (Fsp3) is 0.167. The van der Waals surface area contributed by atoms with Gasteiger partial charge in [0.25, 0.3) is 0 Å². The van der Waals surface area contributed by atoms with Crippen LogP contribution in [0.2, 0.25) is 0 Å². The molecule has 1 unspecified atom stereocenters. The second kappa shape index (κ2) is 8.45. The Morgan fingerprint density at radius 3 is 1.78 bits per heavy atom. The third kappa shape index (κ3) is 4.50. The SMILES string of the molecule is CN(C)c1ccc(C(CC(=O)c2ccccc2)C(=O)c2ccccc2)cc1. The molecule has 3 nitrogen and oxygen atoms in total. The molecule has 3 rings (SSSR count). The Kier molecular flexibility index (Phi) is 5.82. The van der Waals surface area contributed by atoms with Crippen LogP contribution in [0.25, 0.3) is 0 Å². The van der Waals surface area contributed by atoms with Gasteiger partial charge in [0.1, 0.15) is 0 Å². The second-order valence-corrected chi connectivity index (χ2v) is 6.76. The first-order chi connectivity index (χ1) is 13.1.